The molecule has 1 aliphatic carbocycles. The molecule has 3 aromatic rings. The molecule has 10 heteroatoms. The van der Waals surface area contributed by atoms with Crippen molar-refractivity contribution in [2.24, 2.45) is 0 Å². The Labute approximate surface area is 247 Å². The van der Waals surface area contributed by atoms with Gasteiger partial charge in [-0.05, 0) is 98.8 Å². The molecule has 41 heavy (non-hydrogen) atoms. The largest absolute Gasteiger partial charge is 0.459 e. The summed E-state index contributed by atoms with van der Waals surface area (Å²) in [6, 6.07) is 17.7. The first-order valence-electron chi connectivity index (χ1n) is 13.3. The van der Waals surface area contributed by atoms with Crippen LogP contribution in [-0.2, 0) is 14.3 Å². The fourth-order valence-electron chi connectivity index (χ4n) is 4.76. The number of halogens is 2. The highest BCUT2D eigenvalue weighted by Crippen LogP contribution is 2.32. The molecule has 210 valence electrons. The summed E-state index contributed by atoms with van der Waals surface area (Å²) in [4.78, 5) is 52.4. The second-order valence-electron chi connectivity index (χ2n) is 9.96. The molecule has 0 unspecified atom stereocenters. The number of imide groups is 1. The Kier molecular flexibility index (Phi) is 8.42. The summed E-state index contributed by atoms with van der Waals surface area (Å²) >= 11 is 12.2. The average Bonchev–Trinajstić information content (AvgIpc) is 3.18. The molecule has 2 aliphatic rings. The summed E-state index contributed by atoms with van der Waals surface area (Å²) in [6.45, 7) is 1.79. The number of amides is 3. The van der Waals surface area contributed by atoms with Gasteiger partial charge in [-0.25, -0.2) is 9.69 Å². The van der Waals surface area contributed by atoms with Crippen molar-refractivity contribution in [1.29, 1.82) is 0 Å². The number of carbonyl (C=O) groups excluding carboxylic acids is 4. The molecule has 2 N–H and O–H groups in total. The monoisotopic (exact) mass is 591 g/mol. The third-order valence-electron chi connectivity index (χ3n) is 7.08. The predicted molar refractivity (Wildman–Crippen MR) is 158 cm³/mol. The zero-order valence-corrected chi connectivity index (χ0v) is 23.7. The molecular weight excluding hydrogens is 565 g/mol. The minimum atomic E-state index is -0.667. The predicted octanol–water partition coefficient (Wildman–Crippen LogP) is 6.83. The summed E-state index contributed by atoms with van der Waals surface area (Å²) in [7, 11) is 0. The second kappa shape index (κ2) is 12.2. The molecule has 0 aromatic heterocycles. The summed E-state index contributed by atoms with van der Waals surface area (Å²) < 4.78 is 5.61. The summed E-state index contributed by atoms with van der Waals surface area (Å²) in [6.07, 6.45) is 5.06. The molecule has 3 amide bonds. The van der Waals surface area contributed by atoms with E-state index in [1.807, 2.05) is 0 Å². The molecule has 0 radical (unpaired) electrons. The van der Waals surface area contributed by atoms with Crippen LogP contribution in [0.2, 0.25) is 5.02 Å². The first-order chi connectivity index (χ1) is 19.7. The van der Waals surface area contributed by atoms with E-state index in [0.717, 1.165) is 36.1 Å². The van der Waals surface area contributed by atoms with E-state index in [2.05, 4.69) is 10.6 Å². The Balaban J connectivity index is 1.26. The number of nitrogens with one attached hydrogen (secondary N) is 2. The number of benzene rings is 3. The minimum Gasteiger partial charge on any atom is -0.459 e. The first-order valence-corrected chi connectivity index (χ1v) is 14.0. The van der Waals surface area contributed by atoms with E-state index in [1.165, 1.54) is 6.42 Å². The highest BCUT2D eigenvalue weighted by Gasteiger charge is 2.39. The van der Waals surface area contributed by atoms with Gasteiger partial charge in [0.05, 0.1) is 11.3 Å². The Morgan fingerprint density at radius 2 is 1.51 bits per heavy atom. The molecule has 0 atom stereocenters. The number of carbonyl (C=O) groups is 4. The van der Waals surface area contributed by atoms with Crippen LogP contribution in [0.3, 0.4) is 0 Å². The number of hydrogen-bond donors (Lipinski definition) is 2. The normalized spacial score (nSPS) is 15.7. The lowest BCUT2D eigenvalue weighted by Crippen LogP contribution is -2.32. The van der Waals surface area contributed by atoms with Crippen molar-refractivity contribution in [2.45, 2.75) is 45.1 Å². The Morgan fingerprint density at radius 3 is 2.20 bits per heavy atom. The lowest BCUT2D eigenvalue weighted by Gasteiger charge is -2.21. The molecule has 8 nitrogen and oxygen atoms in total. The minimum absolute atomic E-state index is 0.0382. The van der Waals surface area contributed by atoms with Crippen LogP contribution in [-0.4, -0.2) is 29.8 Å². The van der Waals surface area contributed by atoms with Gasteiger partial charge in [0.15, 0.2) is 0 Å². The number of anilines is 3. The molecule has 1 fully saturated rings. The Morgan fingerprint density at radius 1 is 0.854 bits per heavy atom. The van der Waals surface area contributed by atoms with E-state index in [9.17, 15) is 19.2 Å². The molecule has 0 bridgehead atoms. The van der Waals surface area contributed by atoms with Crippen LogP contribution in [0.1, 0.15) is 58.4 Å². The van der Waals surface area contributed by atoms with Crippen molar-refractivity contribution in [3.63, 3.8) is 0 Å². The third kappa shape index (κ3) is 6.29. The van der Waals surface area contributed by atoms with E-state index in [-0.39, 0.29) is 22.8 Å². The molecular formula is C31H27Cl2N3O5. The number of ether oxygens (including phenoxy) is 1. The van der Waals surface area contributed by atoms with Crippen molar-refractivity contribution in [2.75, 3.05) is 15.5 Å². The second-order valence-corrected chi connectivity index (χ2v) is 10.8. The quantitative estimate of drug-likeness (QED) is 0.230. The number of aryl methyl sites for hydroxylation is 1. The van der Waals surface area contributed by atoms with Gasteiger partial charge in [0.25, 0.3) is 17.7 Å². The zero-order chi connectivity index (χ0) is 29.1. The molecule has 1 heterocycles. The van der Waals surface area contributed by atoms with Gasteiger partial charge in [0, 0.05) is 22.0 Å². The number of esters is 1. The van der Waals surface area contributed by atoms with Gasteiger partial charge in [-0.2, -0.15) is 0 Å². The highest BCUT2D eigenvalue weighted by atomic mass is 35.5. The topological polar surface area (TPSA) is 105 Å². The van der Waals surface area contributed by atoms with Gasteiger partial charge < -0.3 is 15.4 Å². The smallest absolute Gasteiger partial charge is 0.338 e. The molecule has 3 aromatic carbocycles. The van der Waals surface area contributed by atoms with E-state index in [1.54, 1.807) is 73.7 Å². The standard InChI is InChI=1S/C31H27Cl2N3O5/c1-18-7-8-20(28(37)34-22-13-9-19(10-14-22)31(40)41-24-5-3-2-4-6-24)17-25(18)35-27-26(33)29(38)36(30(27)39)23-15-11-21(32)12-16-23/h7-17,24,35H,2-6H2,1H3,(H,34,37). The number of rotatable bonds is 7. The van der Waals surface area contributed by atoms with Gasteiger partial charge in [-0.1, -0.05) is 35.7 Å². The SMILES string of the molecule is Cc1ccc(C(=O)Nc2ccc(C(=O)OC3CCCCC3)cc2)cc1NC1=C(Cl)C(=O)N(c2ccc(Cl)cc2)C1=O. The number of nitrogens with zero attached hydrogens (tertiary/aromatic N) is 1. The van der Waals surface area contributed by atoms with Gasteiger partial charge in [-0.3, -0.25) is 14.4 Å². The van der Waals surface area contributed by atoms with Crippen LogP contribution in [0.25, 0.3) is 0 Å². The summed E-state index contributed by atoms with van der Waals surface area (Å²) in [5.41, 5.74) is 2.63. The van der Waals surface area contributed by atoms with Crippen molar-refractivity contribution < 1.29 is 23.9 Å². The molecule has 0 spiro atoms. The van der Waals surface area contributed by atoms with Crippen LogP contribution in [0.4, 0.5) is 17.1 Å². The maximum atomic E-state index is 13.1. The molecule has 5 rings (SSSR count). The van der Waals surface area contributed by atoms with Crippen LogP contribution in [0.5, 0.6) is 0 Å². The van der Waals surface area contributed by atoms with Gasteiger partial charge in [0.2, 0.25) is 0 Å². The zero-order valence-electron chi connectivity index (χ0n) is 22.2. The fraction of sp³-hybridized carbons (Fsp3) is 0.226. The van der Waals surface area contributed by atoms with Gasteiger partial charge >= 0.3 is 5.97 Å². The lowest BCUT2D eigenvalue weighted by molar-refractivity contribution is -0.120. The van der Waals surface area contributed by atoms with Crippen LogP contribution in [0.15, 0.2) is 77.5 Å². The highest BCUT2D eigenvalue weighted by molar-refractivity contribution is 6.53. The first kappa shape index (κ1) is 28.4. The molecule has 1 aliphatic heterocycles. The maximum Gasteiger partial charge on any atom is 0.338 e. The summed E-state index contributed by atoms with van der Waals surface area (Å²) in [5, 5.41) is 5.95. The van der Waals surface area contributed by atoms with Gasteiger partial charge in [-0.15, -0.1) is 0 Å². The fourth-order valence-corrected chi connectivity index (χ4v) is 5.10. The van der Waals surface area contributed by atoms with E-state index in [4.69, 9.17) is 27.9 Å². The van der Waals surface area contributed by atoms with E-state index >= 15 is 0 Å². The number of hydrogen-bond acceptors (Lipinski definition) is 6. The Bertz CT molecular complexity index is 1540. The Hall–Kier alpha value is -4.14. The van der Waals surface area contributed by atoms with E-state index < -0.39 is 17.7 Å². The summed E-state index contributed by atoms with van der Waals surface area (Å²) in [5.74, 6) is -2.06. The van der Waals surface area contributed by atoms with E-state index in [0.29, 0.717) is 33.2 Å². The van der Waals surface area contributed by atoms with Crippen molar-refractivity contribution in [3.8, 4) is 0 Å². The van der Waals surface area contributed by atoms with Gasteiger partial charge in [0.1, 0.15) is 16.8 Å². The van der Waals surface area contributed by atoms with Crippen LogP contribution in [0, 0.1) is 6.92 Å². The van der Waals surface area contributed by atoms with Crippen molar-refractivity contribution >= 4 is 64.0 Å². The van der Waals surface area contributed by atoms with Crippen molar-refractivity contribution in [3.05, 3.63) is 99.2 Å². The molecule has 1 saturated carbocycles. The van der Waals surface area contributed by atoms with Crippen molar-refractivity contribution in [1.82, 2.24) is 0 Å². The average molecular weight is 592 g/mol. The third-order valence-corrected chi connectivity index (χ3v) is 7.68. The molecule has 0 saturated heterocycles. The maximum absolute atomic E-state index is 13.1. The van der Waals surface area contributed by atoms with Crippen LogP contribution < -0.4 is 15.5 Å². The lowest BCUT2D eigenvalue weighted by atomic mass is 9.98. The van der Waals surface area contributed by atoms with Crippen LogP contribution >= 0.6 is 23.2 Å².